The second-order valence-electron chi connectivity index (χ2n) is 7.61. The van der Waals surface area contributed by atoms with Gasteiger partial charge in [-0.1, -0.05) is 18.2 Å². The summed E-state index contributed by atoms with van der Waals surface area (Å²) < 4.78 is 5.02. The van der Waals surface area contributed by atoms with Crippen molar-refractivity contribution in [3.05, 3.63) is 72.1 Å². The molecule has 1 aromatic heterocycles. The minimum Gasteiger partial charge on any atom is -0.462 e. The molecule has 2 aromatic carbocycles. The Balaban J connectivity index is 1.49. The number of hydrogen-bond acceptors (Lipinski definition) is 6. The third kappa shape index (κ3) is 4.94. The topological polar surface area (TPSA) is 84.4 Å². The molecule has 4 rings (SSSR count). The highest BCUT2D eigenvalue weighted by Crippen LogP contribution is 2.29. The van der Waals surface area contributed by atoms with Crippen LogP contribution in [0.15, 0.2) is 60.9 Å². The lowest BCUT2D eigenvalue weighted by Crippen LogP contribution is -2.30. The van der Waals surface area contributed by atoms with Gasteiger partial charge in [-0.15, -0.1) is 0 Å². The zero-order valence-corrected chi connectivity index (χ0v) is 18.1. The highest BCUT2D eigenvalue weighted by Gasteiger charge is 2.18. The van der Waals surface area contributed by atoms with Crippen molar-refractivity contribution in [3.8, 4) is 11.3 Å². The van der Waals surface area contributed by atoms with Gasteiger partial charge in [0.2, 0.25) is 0 Å². The molecule has 164 valence electrons. The van der Waals surface area contributed by atoms with Crippen LogP contribution in [-0.2, 0) is 4.74 Å². The fourth-order valence-corrected chi connectivity index (χ4v) is 3.79. The molecule has 1 fully saturated rings. The maximum absolute atomic E-state index is 12.7. The largest absolute Gasteiger partial charge is 0.462 e. The Bertz CT molecular complexity index is 1090. The minimum absolute atomic E-state index is 0.257. The van der Waals surface area contributed by atoms with E-state index in [0.29, 0.717) is 23.4 Å². The third-order valence-corrected chi connectivity index (χ3v) is 5.39. The van der Waals surface area contributed by atoms with Crippen molar-refractivity contribution in [2.45, 2.75) is 26.2 Å². The summed E-state index contributed by atoms with van der Waals surface area (Å²) in [6.45, 7) is 4.02. The molecular weight excluding hydrogens is 404 g/mol. The maximum Gasteiger partial charge on any atom is 0.338 e. The molecule has 1 amide bonds. The molecule has 1 saturated heterocycles. The molecule has 0 unspecified atom stereocenters. The predicted molar refractivity (Wildman–Crippen MR) is 124 cm³/mol. The van der Waals surface area contributed by atoms with Crippen molar-refractivity contribution < 1.29 is 14.3 Å². The van der Waals surface area contributed by atoms with Gasteiger partial charge < -0.3 is 15.0 Å². The van der Waals surface area contributed by atoms with E-state index in [1.807, 2.05) is 12.1 Å². The predicted octanol–water partition coefficient (Wildman–Crippen LogP) is 4.56. The molecule has 7 heteroatoms. The molecule has 0 spiro atoms. The lowest BCUT2D eigenvalue weighted by atomic mass is 10.1. The van der Waals surface area contributed by atoms with Crippen LogP contribution in [0.25, 0.3) is 11.3 Å². The Labute approximate surface area is 187 Å². The molecule has 0 radical (unpaired) electrons. The van der Waals surface area contributed by atoms with Gasteiger partial charge in [0.15, 0.2) is 5.82 Å². The average Bonchev–Trinajstić information content (AvgIpc) is 2.85. The summed E-state index contributed by atoms with van der Waals surface area (Å²) in [5, 5.41) is 2.83. The van der Waals surface area contributed by atoms with Crippen LogP contribution < -0.4 is 10.2 Å². The third-order valence-electron chi connectivity index (χ3n) is 5.39. The van der Waals surface area contributed by atoms with Crippen LogP contribution in [0.5, 0.6) is 0 Å². The number of hydrogen-bond donors (Lipinski definition) is 1. The van der Waals surface area contributed by atoms with Crippen molar-refractivity contribution in [3.63, 3.8) is 0 Å². The van der Waals surface area contributed by atoms with E-state index in [1.54, 1.807) is 55.7 Å². The van der Waals surface area contributed by atoms with E-state index in [1.165, 1.54) is 6.42 Å². The Morgan fingerprint density at radius 3 is 2.47 bits per heavy atom. The Hall–Kier alpha value is -3.74. The summed E-state index contributed by atoms with van der Waals surface area (Å²) in [7, 11) is 0. The molecule has 1 N–H and O–H groups in total. The van der Waals surface area contributed by atoms with Gasteiger partial charge in [-0.2, -0.15) is 0 Å². The lowest BCUT2D eigenvalue weighted by molar-refractivity contribution is 0.0526. The van der Waals surface area contributed by atoms with E-state index in [2.05, 4.69) is 20.2 Å². The molecule has 0 bridgehead atoms. The first-order valence-corrected chi connectivity index (χ1v) is 10.9. The monoisotopic (exact) mass is 430 g/mol. The van der Waals surface area contributed by atoms with Crippen molar-refractivity contribution in [2.75, 3.05) is 29.9 Å². The van der Waals surface area contributed by atoms with Crippen LogP contribution in [0.4, 0.5) is 11.5 Å². The summed E-state index contributed by atoms with van der Waals surface area (Å²) >= 11 is 0. The van der Waals surface area contributed by atoms with E-state index in [0.717, 1.165) is 43.0 Å². The minimum atomic E-state index is -0.415. The molecule has 0 atom stereocenters. The van der Waals surface area contributed by atoms with E-state index in [-0.39, 0.29) is 5.91 Å². The number of rotatable bonds is 6. The van der Waals surface area contributed by atoms with Gasteiger partial charge >= 0.3 is 5.97 Å². The van der Waals surface area contributed by atoms with Crippen LogP contribution >= 0.6 is 0 Å². The normalized spacial score (nSPS) is 13.5. The number of nitrogens with one attached hydrogen (secondary N) is 1. The number of carbonyl (C=O) groups excluding carboxylic acids is 2. The van der Waals surface area contributed by atoms with Gasteiger partial charge in [0.25, 0.3) is 5.91 Å². The number of carbonyl (C=O) groups is 2. The number of nitrogens with zero attached hydrogens (tertiary/aromatic N) is 3. The van der Waals surface area contributed by atoms with Crippen molar-refractivity contribution in [2.24, 2.45) is 0 Å². The van der Waals surface area contributed by atoms with Crippen LogP contribution in [0.2, 0.25) is 0 Å². The number of aromatic nitrogens is 2. The molecule has 3 aromatic rings. The second-order valence-corrected chi connectivity index (χ2v) is 7.61. The highest BCUT2D eigenvalue weighted by atomic mass is 16.5. The van der Waals surface area contributed by atoms with Crippen molar-refractivity contribution >= 4 is 23.4 Å². The van der Waals surface area contributed by atoms with Crippen LogP contribution in [-0.4, -0.2) is 41.5 Å². The first kappa shape index (κ1) is 21.5. The molecular formula is C25H26N4O3. The number of amides is 1. The zero-order valence-electron chi connectivity index (χ0n) is 18.1. The molecule has 32 heavy (non-hydrogen) atoms. The van der Waals surface area contributed by atoms with E-state index < -0.39 is 5.97 Å². The van der Waals surface area contributed by atoms with Crippen molar-refractivity contribution in [1.82, 2.24) is 9.97 Å². The van der Waals surface area contributed by atoms with Gasteiger partial charge in [0.05, 0.1) is 12.2 Å². The molecule has 7 nitrogen and oxygen atoms in total. The zero-order chi connectivity index (χ0) is 22.3. The summed E-state index contributed by atoms with van der Waals surface area (Å²) in [5.74, 6) is 0.217. The highest BCUT2D eigenvalue weighted by molar-refractivity contribution is 6.05. The van der Waals surface area contributed by atoms with Gasteiger partial charge in [-0.25, -0.2) is 9.78 Å². The fourth-order valence-electron chi connectivity index (χ4n) is 3.79. The summed E-state index contributed by atoms with van der Waals surface area (Å²) in [4.78, 5) is 36.1. The number of ether oxygens (including phenoxy) is 1. The maximum atomic E-state index is 12.7. The Morgan fingerprint density at radius 1 is 0.969 bits per heavy atom. The standard InChI is InChI=1S/C25H26N4O3/c1-2-32-25(31)20-7-6-8-21(17-20)28-24(30)19-11-9-18(10-12-19)22-23(27-14-13-26-22)29-15-4-3-5-16-29/h6-14,17H,2-5,15-16H2,1H3,(H,28,30). The van der Waals surface area contributed by atoms with E-state index >= 15 is 0 Å². The Kier molecular flexibility index (Phi) is 6.75. The average molecular weight is 431 g/mol. The molecule has 2 heterocycles. The smallest absolute Gasteiger partial charge is 0.338 e. The number of esters is 1. The van der Waals surface area contributed by atoms with Gasteiger partial charge in [-0.3, -0.25) is 9.78 Å². The van der Waals surface area contributed by atoms with Crippen LogP contribution in [0.3, 0.4) is 0 Å². The summed E-state index contributed by atoms with van der Waals surface area (Å²) in [5.41, 5.74) is 3.18. The summed E-state index contributed by atoms with van der Waals surface area (Å²) in [6, 6.07) is 14.0. The number of benzene rings is 2. The van der Waals surface area contributed by atoms with Crippen molar-refractivity contribution in [1.29, 1.82) is 0 Å². The first-order chi connectivity index (χ1) is 15.7. The first-order valence-electron chi connectivity index (χ1n) is 10.9. The fraction of sp³-hybridized carbons (Fsp3) is 0.280. The second kappa shape index (κ2) is 10.0. The molecule has 0 aliphatic carbocycles. The van der Waals surface area contributed by atoms with E-state index in [9.17, 15) is 9.59 Å². The molecule has 1 aliphatic heterocycles. The quantitative estimate of drug-likeness (QED) is 0.577. The summed E-state index contributed by atoms with van der Waals surface area (Å²) in [6.07, 6.45) is 6.98. The SMILES string of the molecule is CCOC(=O)c1cccc(NC(=O)c2ccc(-c3nccnc3N3CCCCC3)cc2)c1. The van der Waals surface area contributed by atoms with Gasteiger partial charge in [-0.05, 0) is 56.5 Å². The number of piperidine rings is 1. The Morgan fingerprint density at radius 2 is 1.72 bits per heavy atom. The lowest BCUT2D eigenvalue weighted by Gasteiger charge is -2.28. The van der Waals surface area contributed by atoms with Crippen LogP contribution in [0.1, 0.15) is 46.9 Å². The van der Waals surface area contributed by atoms with Gasteiger partial charge in [0, 0.05) is 42.3 Å². The molecule has 0 saturated carbocycles. The van der Waals surface area contributed by atoms with E-state index in [4.69, 9.17) is 4.74 Å². The van der Waals surface area contributed by atoms with Gasteiger partial charge in [0.1, 0.15) is 5.69 Å². The number of anilines is 2. The molecule has 1 aliphatic rings. The van der Waals surface area contributed by atoms with Crippen LogP contribution in [0, 0.1) is 0 Å².